The van der Waals surface area contributed by atoms with E-state index < -0.39 is 33.6 Å². The largest absolute Gasteiger partial charge is 0.497 e. The van der Waals surface area contributed by atoms with Crippen LogP contribution in [0.5, 0.6) is 5.75 Å². The first-order chi connectivity index (χ1) is 15.1. The number of nitrogens with one attached hydrogen (secondary N) is 2. The number of aryl methyl sites for hydroxylation is 1. The lowest BCUT2D eigenvalue weighted by atomic mass is 10.1. The molecule has 6 nitrogen and oxygen atoms in total. The Morgan fingerprint density at radius 3 is 2.31 bits per heavy atom. The number of rotatable bonds is 7. The van der Waals surface area contributed by atoms with Crippen LogP contribution in [-0.4, -0.2) is 21.4 Å². The topological polar surface area (TPSA) is 84.5 Å². The fourth-order valence-electron chi connectivity index (χ4n) is 3.11. The minimum absolute atomic E-state index is 0.0680. The molecule has 168 valence electrons. The van der Waals surface area contributed by atoms with E-state index in [4.69, 9.17) is 4.74 Å². The summed E-state index contributed by atoms with van der Waals surface area (Å²) in [5.74, 6) is -1.52. The third-order valence-electron chi connectivity index (χ3n) is 4.86. The Balaban J connectivity index is 1.82. The van der Waals surface area contributed by atoms with Gasteiger partial charge in [0.2, 0.25) is 0 Å². The molecule has 0 saturated carbocycles. The number of ether oxygens (including phenoxy) is 1. The van der Waals surface area contributed by atoms with Gasteiger partial charge < -0.3 is 10.1 Å². The molecule has 32 heavy (non-hydrogen) atoms. The van der Waals surface area contributed by atoms with Gasteiger partial charge in [0, 0.05) is 22.9 Å². The van der Waals surface area contributed by atoms with Gasteiger partial charge in [-0.15, -0.1) is 0 Å². The van der Waals surface area contributed by atoms with Gasteiger partial charge in [-0.05, 0) is 61.9 Å². The number of amides is 1. The van der Waals surface area contributed by atoms with E-state index in [9.17, 15) is 22.0 Å². The van der Waals surface area contributed by atoms with Gasteiger partial charge in [0.25, 0.3) is 15.9 Å². The first-order valence-corrected chi connectivity index (χ1v) is 11.1. The predicted octanol–water partition coefficient (Wildman–Crippen LogP) is 4.57. The summed E-state index contributed by atoms with van der Waals surface area (Å²) in [6, 6.07) is 12.9. The molecule has 0 aliphatic heterocycles. The summed E-state index contributed by atoms with van der Waals surface area (Å²) < 4.78 is 60.5. The van der Waals surface area contributed by atoms with Crippen LogP contribution in [0.3, 0.4) is 0 Å². The van der Waals surface area contributed by atoms with Crippen molar-refractivity contribution in [2.75, 3.05) is 11.8 Å². The summed E-state index contributed by atoms with van der Waals surface area (Å²) in [6.07, 6.45) is 0. The van der Waals surface area contributed by atoms with Crippen molar-refractivity contribution in [1.82, 2.24) is 5.32 Å². The molecule has 0 saturated heterocycles. The van der Waals surface area contributed by atoms with Crippen molar-refractivity contribution in [3.63, 3.8) is 0 Å². The van der Waals surface area contributed by atoms with Crippen molar-refractivity contribution in [3.05, 3.63) is 89.0 Å². The molecule has 0 heterocycles. The molecule has 0 bridgehead atoms. The van der Waals surface area contributed by atoms with Crippen LogP contribution in [0.15, 0.2) is 65.6 Å². The average Bonchev–Trinajstić information content (AvgIpc) is 2.74. The van der Waals surface area contributed by atoms with Crippen LogP contribution in [0, 0.1) is 18.6 Å². The Bertz CT molecular complexity index is 1250. The Kier molecular flexibility index (Phi) is 6.78. The number of hydrogen-bond donors (Lipinski definition) is 2. The van der Waals surface area contributed by atoms with Gasteiger partial charge in [0.1, 0.15) is 17.4 Å². The molecule has 3 aromatic carbocycles. The number of halogens is 2. The van der Waals surface area contributed by atoms with Gasteiger partial charge in [-0.25, -0.2) is 17.2 Å². The van der Waals surface area contributed by atoms with E-state index in [0.29, 0.717) is 17.0 Å². The van der Waals surface area contributed by atoms with Crippen molar-refractivity contribution < 1.29 is 26.7 Å². The summed E-state index contributed by atoms with van der Waals surface area (Å²) in [6.45, 7) is 3.16. The number of sulfonamides is 1. The van der Waals surface area contributed by atoms with Crippen molar-refractivity contribution in [3.8, 4) is 5.75 Å². The van der Waals surface area contributed by atoms with Crippen molar-refractivity contribution >= 4 is 21.6 Å². The summed E-state index contributed by atoms with van der Waals surface area (Å²) in [5, 5.41) is 2.60. The number of methoxy groups -OCH3 is 1. The highest BCUT2D eigenvalue weighted by Crippen LogP contribution is 2.23. The maximum Gasteiger partial charge on any atom is 0.262 e. The summed E-state index contributed by atoms with van der Waals surface area (Å²) >= 11 is 0. The molecule has 1 atom stereocenters. The fraction of sp³-hybridized carbons (Fsp3) is 0.174. The van der Waals surface area contributed by atoms with Crippen molar-refractivity contribution in [1.29, 1.82) is 0 Å². The zero-order chi connectivity index (χ0) is 23.5. The molecule has 0 radical (unpaired) electrons. The van der Waals surface area contributed by atoms with Crippen molar-refractivity contribution in [2.45, 2.75) is 24.8 Å². The highest BCUT2D eigenvalue weighted by atomic mass is 32.2. The van der Waals surface area contributed by atoms with Crippen LogP contribution in [0.1, 0.15) is 34.5 Å². The smallest absolute Gasteiger partial charge is 0.262 e. The zero-order valence-electron chi connectivity index (χ0n) is 17.6. The minimum Gasteiger partial charge on any atom is -0.497 e. The van der Waals surface area contributed by atoms with Crippen LogP contribution in [0.2, 0.25) is 0 Å². The van der Waals surface area contributed by atoms with Gasteiger partial charge in [0.05, 0.1) is 18.0 Å². The number of carbonyl (C=O) groups is 1. The van der Waals surface area contributed by atoms with Gasteiger partial charge in [-0.3, -0.25) is 9.52 Å². The molecule has 2 N–H and O–H groups in total. The number of carbonyl (C=O) groups excluding carboxylic acids is 1. The normalized spacial score (nSPS) is 12.2. The molecule has 1 unspecified atom stereocenters. The van der Waals surface area contributed by atoms with Crippen LogP contribution < -0.4 is 14.8 Å². The summed E-state index contributed by atoms with van der Waals surface area (Å²) in [5.41, 5.74) is 0.974. The van der Waals surface area contributed by atoms with E-state index in [1.54, 1.807) is 38.1 Å². The van der Waals surface area contributed by atoms with Gasteiger partial charge in [-0.2, -0.15) is 0 Å². The predicted molar refractivity (Wildman–Crippen MR) is 117 cm³/mol. The van der Waals surface area contributed by atoms with E-state index in [-0.39, 0.29) is 16.0 Å². The van der Waals surface area contributed by atoms with Crippen LogP contribution >= 0.6 is 0 Å². The minimum atomic E-state index is -3.98. The Morgan fingerprint density at radius 1 is 1.00 bits per heavy atom. The standard InChI is InChI=1S/C23H22F2N2O4S/c1-14-4-5-16(23(28)26-15(2)20-11-6-17(24)13-21(20)25)12-22(14)32(29,30)27-18-7-9-19(31-3)10-8-18/h4-13,15,27H,1-3H3,(H,26,28). The first-order valence-electron chi connectivity index (χ1n) is 9.64. The van der Waals surface area contributed by atoms with Gasteiger partial charge in [-0.1, -0.05) is 12.1 Å². The van der Waals surface area contributed by atoms with Crippen LogP contribution in [0.4, 0.5) is 14.5 Å². The highest BCUT2D eigenvalue weighted by molar-refractivity contribution is 7.92. The molecule has 9 heteroatoms. The van der Waals surface area contributed by atoms with Crippen LogP contribution in [-0.2, 0) is 10.0 Å². The molecule has 1 amide bonds. The van der Waals surface area contributed by atoms with Crippen LogP contribution in [0.25, 0.3) is 0 Å². The highest BCUT2D eigenvalue weighted by Gasteiger charge is 2.21. The van der Waals surface area contributed by atoms with E-state index in [2.05, 4.69) is 10.0 Å². The fourth-order valence-corrected chi connectivity index (χ4v) is 4.44. The second kappa shape index (κ2) is 9.35. The Labute approximate surface area is 185 Å². The molecule has 3 aromatic rings. The molecule has 0 aliphatic carbocycles. The second-order valence-corrected chi connectivity index (χ2v) is 8.83. The van der Waals surface area contributed by atoms with E-state index in [1.807, 2.05) is 0 Å². The van der Waals surface area contributed by atoms with E-state index >= 15 is 0 Å². The first kappa shape index (κ1) is 23.2. The van der Waals surface area contributed by atoms with E-state index in [0.717, 1.165) is 12.1 Å². The number of anilines is 1. The zero-order valence-corrected chi connectivity index (χ0v) is 18.5. The van der Waals surface area contributed by atoms with E-state index in [1.165, 1.54) is 31.4 Å². The van der Waals surface area contributed by atoms with Crippen molar-refractivity contribution in [2.24, 2.45) is 0 Å². The maximum absolute atomic E-state index is 14.0. The number of hydrogen-bond acceptors (Lipinski definition) is 4. The lowest BCUT2D eigenvalue weighted by Crippen LogP contribution is -2.27. The Morgan fingerprint density at radius 2 is 1.69 bits per heavy atom. The third-order valence-corrected chi connectivity index (χ3v) is 6.38. The molecule has 0 aromatic heterocycles. The monoisotopic (exact) mass is 460 g/mol. The lowest BCUT2D eigenvalue weighted by molar-refractivity contribution is 0.0939. The average molecular weight is 461 g/mol. The quantitative estimate of drug-likeness (QED) is 0.541. The molecule has 0 spiro atoms. The molecular formula is C23H22F2N2O4S. The SMILES string of the molecule is COc1ccc(NS(=O)(=O)c2cc(C(=O)NC(C)c3ccc(F)cc3F)ccc2C)cc1. The number of benzene rings is 3. The lowest BCUT2D eigenvalue weighted by Gasteiger charge is -2.16. The summed E-state index contributed by atoms with van der Waals surface area (Å²) in [7, 11) is -2.48. The third kappa shape index (κ3) is 5.23. The Hall–Kier alpha value is -3.46. The second-order valence-electron chi connectivity index (χ2n) is 7.18. The summed E-state index contributed by atoms with van der Waals surface area (Å²) in [4.78, 5) is 12.6. The molecular weight excluding hydrogens is 438 g/mol. The van der Waals surface area contributed by atoms with Gasteiger partial charge in [0.15, 0.2) is 0 Å². The van der Waals surface area contributed by atoms with Gasteiger partial charge >= 0.3 is 0 Å². The maximum atomic E-state index is 14.0. The molecule has 0 aliphatic rings. The molecule has 3 rings (SSSR count). The molecule has 0 fully saturated rings.